The number of carbonyl (C=O) groups excluding carboxylic acids is 1. The van der Waals surface area contributed by atoms with Gasteiger partial charge in [0, 0.05) is 43.9 Å². The number of rotatable bonds is 2. The summed E-state index contributed by atoms with van der Waals surface area (Å²) in [4.78, 5) is 27.7. The van der Waals surface area contributed by atoms with E-state index in [1.54, 1.807) is 18.6 Å². The largest absolute Gasteiger partial charge is 0.390 e. The van der Waals surface area contributed by atoms with Crippen molar-refractivity contribution in [3.63, 3.8) is 0 Å². The van der Waals surface area contributed by atoms with Crippen LogP contribution in [0.3, 0.4) is 0 Å². The molecule has 2 aliphatic heterocycles. The van der Waals surface area contributed by atoms with Gasteiger partial charge in [-0.25, -0.2) is 9.97 Å². The number of amides is 1. The third kappa shape index (κ3) is 3.44. The van der Waals surface area contributed by atoms with E-state index in [1.807, 2.05) is 24.0 Å². The summed E-state index contributed by atoms with van der Waals surface area (Å²) in [6.45, 7) is 3.65. The van der Waals surface area contributed by atoms with Crippen molar-refractivity contribution < 1.29 is 14.6 Å². The highest BCUT2D eigenvalue weighted by Crippen LogP contribution is 2.35. The van der Waals surface area contributed by atoms with Crippen LogP contribution in [-0.4, -0.2) is 62.3 Å². The van der Waals surface area contributed by atoms with Gasteiger partial charge < -0.3 is 14.7 Å². The standard InChI is InChI=1S/C20H24N4O3/c1-14-16(13-22-18(23-14)15-4-2-8-21-12-15)19(26)24-9-6-20(7-10-24)17(25)5-3-11-27-20/h2,4,8,12-13,17,25H,3,5-7,9-11H2,1H3. The van der Waals surface area contributed by atoms with Crippen molar-refractivity contribution in [3.05, 3.63) is 42.0 Å². The Morgan fingerprint density at radius 2 is 2.15 bits per heavy atom. The zero-order valence-corrected chi connectivity index (χ0v) is 15.5. The third-order valence-electron chi connectivity index (χ3n) is 5.65. The first-order valence-corrected chi connectivity index (χ1v) is 9.44. The number of nitrogens with zero attached hydrogens (tertiary/aromatic N) is 4. The molecule has 4 rings (SSSR count). The number of ether oxygens (including phenoxy) is 1. The lowest BCUT2D eigenvalue weighted by Gasteiger charge is -2.46. The van der Waals surface area contributed by atoms with Gasteiger partial charge in [-0.1, -0.05) is 0 Å². The second-order valence-electron chi connectivity index (χ2n) is 7.30. The quantitative estimate of drug-likeness (QED) is 0.872. The summed E-state index contributed by atoms with van der Waals surface area (Å²) in [5.74, 6) is 0.499. The number of carbonyl (C=O) groups is 1. The summed E-state index contributed by atoms with van der Waals surface area (Å²) in [5, 5.41) is 10.4. The average molecular weight is 368 g/mol. The molecule has 1 N–H and O–H groups in total. The lowest BCUT2D eigenvalue weighted by atomic mass is 9.82. The molecule has 4 heterocycles. The number of likely N-dealkylation sites (tertiary alicyclic amines) is 1. The maximum absolute atomic E-state index is 13.0. The number of aryl methyl sites for hydroxylation is 1. The van der Waals surface area contributed by atoms with Crippen LogP contribution in [0, 0.1) is 6.92 Å². The van der Waals surface area contributed by atoms with Crippen molar-refractivity contribution in [2.24, 2.45) is 0 Å². The number of hydrogen-bond donors (Lipinski definition) is 1. The van der Waals surface area contributed by atoms with E-state index in [-0.39, 0.29) is 5.91 Å². The average Bonchev–Trinajstić information content (AvgIpc) is 2.71. The van der Waals surface area contributed by atoms with Crippen LogP contribution in [0.4, 0.5) is 0 Å². The number of pyridine rings is 1. The third-order valence-corrected chi connectivity index (χ3v) is 5.65. The summed E-state index contributed by atoms with van der Waals surface area (Å²) in [7, 11) is 0. The molecule has 27 heavy (non-hydrogen) atoms. The van der Waals surface area contributed by atoms with Crippen LogP contribution in [-0.2, 0) is 4.74 Å². The zero-order valence-electron chi connectivity index (χ0n) is 15.5. The van der Waals surface area contributed by atoms with Gasteiger partial charge in [0.05, 0.1) is 23.0 Å². The minimum atomic E-state index is -0.481. The Hall–Kier alpha value is -2.38. The van der Waals surface area contributed by atoms with Gasteiger partial charge in [-0.15, -0.1) is 0 Å². The van der Waals surface area contributed by atoms with E-state index >= 15 is 0 Å². The minimum absolute atomic E-state index is 0.0645. The molecule has 0 saturated carbocycles. The molecule has 1 unspecified atom stereocenters. The van der Waals surface area contributed by atoms with E-state index in [1.165, 1.54) is 0 Å². The van der Waals surface area contributed by atoms with Crippen LogP contribution in [0.5, 0.6) is 0 Å². The van der Waals surface area contributed by atoms with Crippen molar-refractivity contribution >= 4 is 5.91 Å². The van der Waals surface area contributed by atoms with Crippen molar-refractivity contribution in [1.82, 2.24) is 19.9 Å². The molecule has 142 valence electrons. The molecule has 7 nitrogen and oxygen atoms in total. The van der Waals surface area contributed by atoms with E-state index < -0.39 is 11.7 Å². The molecule has 0 radical (unpaired) electrons. The fraction of sp³-hybridized carbons (Fsp3) is 0.500. The van der Waals surface area contributed by atoms with Gasteiger partial charge >= 0.3 is 0 Å². The molecule has 2 aromatic heterocycles. The number of hydrogen-bond acceptors (Lipinski definition) is 6. The first-order chi connectivity index (χ1) is 13.1. The Labute approximate surface area is 158 Å². The molecule has 0 bridgehead atoms. The van der Waals surface area contributed by atoms with Gasteiger partial charge in [-0.3, -0.25) is 9.78 Å². The fourth-order valence-corrected chi connectivity index (χ4v) is 3.96. The molecule has 1 amide bonds. The number of aliphatic hydroxyl groups is 1. The van der Waals surface area contributed by atoms with Crippen molar-refractivity contribution in [1.29, 1.82) is 0 Å². The molecule has 2 saturated heterocycles. The van der Waals surface area contributed by atoms with E-state index in [2.05, 4.69) is 15.0 Å². The zero-order chi connectivity index (χ0) is 18.9. The highest BCUT2D eigenvalue weighted by atomic mass is 16.5. The second kappa shape index (κ2) is 7.32. The molecule has 1 atom stereocenters. The molecule has 2 aromatic rings. The van der Waals surface area contributed by atoms with Crippen LogP contribution >= 0.6 is 0 Å². The van der Waals surface area contributed by atoms with E-state index in [0.717, 1.165) is 18.4 Å². The lowest BCUT2D eigenvalue weighted by molar-refractivity contribution is -0.174. The maximum Gasteiger partial charge on any atom is 0.257 e. The molecule has 2 aliphatic rings. The molecule has 7 heteroatoms. The second-order valence-corrected chi connectivity index (χ2v) is 7.30. The molecular weight excluding hydrogens is 344 g/mol. The fourth-order valence-electron chi connectivity index (χ4n) is 3.96. The normalized spacial score (nSPS) is 22.0. The summed E-state index contributed by atoms with van der Waals surface area (Å²) < 4.78 is 5.92. The summed E-state index contributed by atoms with van der Waals surface area (Å²) >= 11 is 0. The first-order valence-electron chi connectivity index (χ1n) is 9.44. The van der Waals surface area contributed by atoms with Gasteiger partial charge in [0.1, 0.15) is 0 Å². The SMILES string of the molecule is Cc1nc(-c2cccnc2)ncc1C(=O)N1CCC2(CC1)OCCCC2O. The Bertz CT molecular complexity index is 819. The first kappa shape index (κ1) is 18.0. The maximum atomic E-state index is 13.0. The monoisotopic (exact) mass is 368 g/mol. The minimum Gasteiger partial charge on any atom is -0.390 e. The highest BCUT2D eigenvalue weighted by Gasteiger charge is 2.44. The van der Waals surface area contributed by atoms with Gasteiger partial charge in [-0.2, -0.15) is 0 Å². The van der Waals surface area contributed by atoms with Gasteiger partial charge in [0.2, 0.25) is 0 Å². The smallest absolute Gasteiger partial charge is 0.257 e. The Balaban J connectivity index is 1.47. The van der Waals surface area contributed by atoms with Gasteiger partial charge in [-0.05, 0) is 44.7 Å². The van der Waals surface area contributed by atoms with Crippen LogP contribution in [0.15, 0.2) is 30.7 Å². The highest BCUT2D eigenvalue weighted by molar-refractivity contribution is 5.95. The molecule has 2 fully saturated rings. The van der Waals surface area contributed by atoms with Crippen molar-refractivity contribution in [3.8, 4) is 11.4 Å². The predicted octanol–water partition coefficient (Wildman–Crippen LogP) is 1.99. The van der Waals surface area contributed by atoms with Crippen molar-refractivity contribution in [2.75, 3.05) is 19.7 Å². The van der Waals surface area contributed by atoms with Gasteiger partial charge in [0.15, 0.2) is 5.82 Å². The van der Waals surface area contributed by atoms with Crippen LogP contribution < -0.4 is 0 Å². The van der Waals surface area contributed by atoms with E-state index in [0.29, 0.717) is 49.6 Å². The topological polar surface area (TPSA) is 88.4 Å². The van der Waals surface area contributed by atoms with Crippen LogP contribution in [0.1, 0.15) is 41.7 Å². The van der Waals surface area contributed by atoms with E-state index in [4.69, 9.17) is 4.74 Å². The Kier molecular flexibility index (Phi) is 4.88. The summed E-state index contributed by atoms with van der Waals surface area (Å²) in [6, 6.07) is 3.72. The number of aromatic nitrogens is 3. The predicted molar refractivity (Wildman–Crippen MR) is 99.1 cm³/mol. The molecule has 0 aliphatic carbocycles. The summed E-state index contributed by atoms with van der Waals surface area (Å²) in [5.41, 5.74) is 1.51. The summed E-state index contributed by atoms with van der Waals surface area (Å²) in [6.07, 6.45) is 7.56. The molecular formula is C20H24N4O3. The van der Waals surface area contributed by atoms with Crippen molar-refractivity contribution in [2.45, 2.75) is 44.3 Å². The lowest BCUT2D eigenvalue weighted by Crippen LogP contribution is -2.56. The Morgan fingerprint density at radius 3 is 2.81 bits per heavy atom. The van der Waals surface area contributed by atoms with Crippen LogP contribution in [0.2, 0.25) is 0 Å². The van der Waals surface area contributed by atoms with Gasteiger partial charge in [0.25, 0.3) is 5.91 Å². The number of piperidine rings is 1. The molecule has 1 spiro atoms. The number of aliphatic hydroxyl groups excluding tert-OH is 1. The Morgan fingerprint density at radius 1 is 1.33 bits per heavy atom. The van der Waals surface area contributed by atoms with Crippen LogP contribution in [0.25, 0.3) is 11.4 Å². The molecule has 0 aromatic carbocycles. The van der Waals surface area contributed by atoms with E-state index in [9.17, 15) is 9.90 Å².